The number of amides is 1. The average Bonchev–Trinajstić information content (AvgIpc) is 3.33. The summed E-state index contributed by atoms with van der Waals surface area (Å²) in [4.78, 5) is 15.9. The van der Waals surface area contributed by atoms with Gasteiger partial charge in [0.1, 0.15) is 23.6 Å². The van der Waals surface area contributed by atoms with Gasteiger partial charge in [-0.2, -0.15) is 0 Å². The van der Waals surface area contributed by atoms with Crippen LogP contribution in [0.3, 0.4) is 0 Å². The Kier molecular flexibility index (Phi) is 6.85. The van der Waals surface area contributed by atoms with Crippen molar-refractivity contribution in [3.63, 3.8) is 0 Å². The molecular weight excluding hydrogens is 430 g/mol. The van der Waals surface area contributed by atoms with Gasteiger partial charge in [0.15, 0.2) is 0 Å². The average molecular weight is 460 g/mol. The Morgan fingerprint density at radius 1 is 1.18 bits per heavy atom. The van der Waals surface area contributed by atoms with Crippen molar-refractivity contribution >= 4 is 5.91 Å². The van der Waals surface area contributed by atoms with Crippen molar-refractivity contribution in [3.05, 3.63) is 77.9 Å². The number of likely N-dealkylation sites (N-methyl/N-ethyl adjacent to an activating group) is 1. The molecule has 0 aliphatic heterocycles. The maximum Gasteiger partial charge on any atom is 0.251 e. The SMILES string of the molecule is CNC(=O)C1(O)CC(c2ccc(-c3ccc(C#C[C@@H](CO)n4ccnc4[C@H](C)O)cc3)cc2)C1. The zero-order valence-corrected chi connectivity index (χ0v) is 19.3. The third-order valence-electron chi connectivity index (χ3n) is 6.38. The van der Waals surface area contributed by atoms with Gasteiger partial charge < -0.3 is 25.2 Å². The molecule has 0 spiro atoms. The normalized spacial score (nSPS) is 21.0. The van der Waals surface area contributed by atoms with Gasteiger partial charge in [-0.15, -0.1) is 0 Å². The second-order valence-corrected chi connectivity index (χ2v) is 8.75. The smallest absolute Gasteiger partial charge is 0.251 e. The fourth-order valence-electron chi connectivity index (χ4n) is 4.38. The molecule has 1 aliphatic rings. The van der Waals surface area contributed by atoms with Crippen molar-refractivity contribution in [3.8, 4) is 23.0 Å². The highest BCUT2D eigenvalue weighted by Crippen LogP contribution is 2.45. The van der Waals surface area contributed by atoms with E-state index in [1.807, 2.05) is 48.5 Å². The molecule has 0 saturated heterocycles. The molecule has 0 bridgehead atoms. The Labute approximate surface area is 199 Å². The van der Waals surface area contributed by atoms with Crippen molar-refractivity contribution in [2.75, 3.05) is 13.7 Å². The lowest BCUT2D eigenvalue weighted by atomic mass is 9.67. The van der Waals surface area contributed by atoms with Crippen LogP contribution in [0.25, 0.3) is 11.1 Å². The molecule has 1 amide bonds. The van der Waals surface area contributed by atoms with E-state index >= 15 is 0 Å². The van der Waals surface area contributed by atoms with E-state index in [0.29, 0.717) is 18.7 Å². The van der Waals surface area contributed by atoms with Crippen molar-refractivity contribution in [2.24, 2.45) is 0 Å². The van der Waals surface area contributed by atoms with Gasteiger partial charge in [0.25, 0.3) is 5.91 Å². The largest absolute Gasteiger partial charge is 0.393 e. The molecule has 7 heteroatoms. The summed E-state index contributed by atoms with van der Waals surface area (Å²) in [6.45, 7) is 1.44. The number of carbonyl (C=O) groups excluding carboxylic acids is 1. The predicted octanol–water partition coefficient (Wildman–Crippen LogP) is 2.54. The van der Waals surface area contributed by atoms with Crippen LogP contribution in [0.5, 0.6) is 0 Å². The lowest BCUT2D eigenvalue weighted by molar-refractivity contribution is -0.150. The van der Waals surface area contributed by atoms with E-state index in [2.05, 4.69) is 22.1 Å². The standard InChI is InChI=1S/C27H29N3O4/c1-18(32)25-29-13-14-30(25)24(17-31)12-5-19-3-6-20(7-4-19)21-8-10-22(11-9-21)23-15-27(34,16-23)26(33)28-2/h3-4,6-11,13-14,18,23-24,31-32,34H,15-17H2,1-2H3,(H,28,33)/t18-,23?,24-,27?/m0/s1. The quantitative estimate of drug-likeness (QED) is 0.424. The van der Waals surface area contributed by atoms with Gasteiger partial charge in [-0.25, -0.2) is 4.98 Å². The summed E-state index contributed by atoms with van der Waals surface area (Å²) in [5.74, 6) is 6.48. The van der Waals surface area contributed by atoms with Crippen LogP contribution in [0.1, 0.15) is 54.8 Å². The summed E-state index contributed by atoms with van der Waals surface area (Å²) >= 11 is 0. The highest BCUT2D eigenvalue weighted by molar-refractivity contribution is 5.86. The number of rotatable bonds is 6. The monoisotopic (exact) mass is 459 g/mol. The van der Waals surface area contributed by atoms with Crippen LogP contribution in [0, 0.1) is 11.8 Å². The molecule has 1 heterocycles. The van der Waals surface area contributed by atoms with Gasteiger partial charge in [0.05, 0.1) is 6.61 Å². The lowest BCUT2D eigenvalue weighted by Crippen LogP contribution is -2.53. The zero-order chi connectivity index (χ0) is 24.3. The number of carbonyl (C=O) groups is 1. The predicted molar refractivity (Wildman–Crippen MR) is 129 cm³/mol. The van der Waals surface area contributed by atoms with E-state index in [1.165, 1.54) is 7.05 Å². The van der Waals surface area contributed by atoms with Crippen LogP contribution in [-0.2, 0) is 4.79 Å². The van der Waals surface area contributed by atoms with Crippen LogP contribution in [0.15, 0.2) is 60.9 Å². The number of aliphatic hydroxyl groups excluding tert-OH is 2. The molecule has 0 radical (unpaired) electrons. The molecule has 1 aromatic heterocycles. The molecule has 4 N–H and O–H groups in total. The van der Waals surface area contributed by atoms with E-state index < -0.39 is 17.7 Å². The first-order valence-electron chi connectivity index (χ1n) is 11.3. The molecule has 3 aromatic rings. The summed E-state index contributed by atoms with van der Waals surface area (Å²) in [5, 5.41) is 32.4. The summed E-state index contributed by atoms with van der Waals surface area (Å²) in [5.41, 5.74) is 2.81. The van der Waals surface area contributed by atoms with E-state index in [4.69, 9.17) is 0 Å². The molecule has 1 fully saturated rings. The van der Waals surface area contributed by atoms with Gasteiger partial charge in [0, 0.05) is 25.0 Å². The Hall–Kier alpha value is -3.44. The van der Waals surface area contributed by atoms with Gasteiger partial charge in [-0.3, -0.25) is 4.79 Å². The molecule has 176 valence electrons. The van der Waals surface area contributed by atoms with Gasteiger partial charge in [-0.05, 0) is 54.5 Å². The molecule has 4 rings (SSSR count). The van der Waals surface area contributed by atoms with Gasteiger partial charge in [-0.1, -0.05) is 48.2 Å². The molecule has 0 unspecified atom stereocenters. The molecule has 7 nitrogen and oxygen atoms in total. The Morgan fingerprint density at radius 3 is 2.35 bits per heavy atom. The van der Waals surface area contributed by atoms with E-state index in [-0.39, 0.29) is 18.4 Å². The third-order valence-corrected chi connectivity index (χ3v) is 6.38. The summed E-state index contributed by atoms with van der Waals surface area (Å²) < 4.78 is 1.69. The fourth-order valence-corrected chi connectivity index (χ4v) is 4.38. The summed E-state index contributed by atoms with van der Waals surface area (Å²) in [6.07, 6.45) is 3.41. The van der Waals surface area contributed by atoms with Crippen LogP contribution in [-0.4, -0.2) is 50.0 Å². The van der Waals surface area contributed by atoms with Crippen LogP contribution in [0.4, 0.5) is 0 Å². The van der Waals surface area contributed by atoms with Gasteiger partial charge in [0.2, 0.25) is 0 Å². The maximum absolute atomic E-state index is 11.8. The number of nitrogens with zero attached hydrogens (tertiary/aromatic N) is 2. The number of aliphatic hydroxyl groups is 3. The highest BCUT2D eigenvalue weighted by Gasteiger charge is 2.48. The molecule has 34 heavy (non-hydrogen) atoms. The summed E-state index contributed by atoms with van der Waals surface area (Å²) in [7, 11) is 1.54. The Balaban J connectivity index is 1.42. The minimum absolute atomic E-state index is 0.179. The highest BCUT2D eigenvalue weighted by atomic mass is 16.3. The first-order valence-corrected chi connectivity index (χ1v) is 11.3. The Morgan fingerprint density at radius 2 is 1.79 bits per heavy atom. The number of imidazole rings is 1. The molecule has 1 aliphatic carbocycles. The van der Waals surface area contributed by atoms with E-state index in [0.717, 1.165) is 22.3 Å². The van der Waals surface area contributed by atoms with Gasteiger partial charge >= 0.3 is 0 Å². The zero-order valence-electron chi connectivity index (χ0n) is 19.3. The molecule has 2 atom stereocenters. The second-order valence-electron chi connectivity index (χ2n) is 8.75. The number of hydrogen-bond donors (Lipinski definition) is 4. The van der Waals surface area contributed by atoms with Crippen molar-refractivity contribution in [1.82, 2.24) is 14.9 Å². The number of aromatic nitrogens is 2. The minimum Gasteiger partial charge on any atom is -0.393 e. The number of hydrogen-bond acceptors (Lipinski definition) is 5. The van der Waals surface area contributed by atoms with Crippen LogP contribution < -0.4 is 5.32 Å². The van der Waals surface area contributed by atoms with Crippen LogP contribution >= 0.6 is 0 Å². The van der Waals surface area contributed by atoms with Crippen molar-refractivity contribution in [1.29, 1.82) is 0 Å². The lowest BCUT2D eigenvalue weighted by Gasteiger charge is -2.42. The van der Waals surface area contributed by atoms with Crippen LogP contribution in [0.2, 0.25) is 0 Å². The first kappa shape index (κ1) is 23.7. The fraction of sp³-hybridized carbons (Fsp3) is 0.333. The van der Waals surface area contributed by atoms with Crippen molar-refractivity contribution in [2.45, 2.75) is 43.4 Å². The number of nitrogens with one attached hydrogen (secondary N) is 1. The Bertz CT molecular complexity index is 1200. The second kappa shape index (κ2) is 9.82. The summed E-state index contributed by atoms with van der Waals surface area (Å²) in [6, 6.07) is 15.6. The van der Waals surface area contributed by atoms with E-state index in [1.54, 1.807) is 23.9 Å². The maximum atomic E-state index is 11.8. The first-order chi connectivity index (χ1) is 16.3. The topological polar surface area (TPSA) is 108 Å². The molecular formula is C27H29N3O4. The molecule has 1 saturated carbocycles. The molecule has 2 aromatic carbocycles. The van der Waals surface area contributed by atoms with E-state index in [9.17, 15) is 20.1 Å². The minimum atomic E-state index is -1.25. The van der Waals surface area contributed by atoms with Crippen molar-refractivity contribution < 1.29 is 20.1 Å². The third kappa shape index (κ3) is 4.75. The number of benzene rings is 2.